The Balaban J connectivity index is 1.38. The molecule has 0 saturated carbocycles. The molecule has 0 bridgehead atoms. The van der Waals surface area contributed by atoms with Crippen molar-refractivity contribution in [2.24, 2.45) is 0 Å². The first-order chi connectivity index (χ1) is 12.8. The van der Waals surface area contributed by atoms with Crippen LogP contribution in [-0.4, -0.2) is 61.1 Å². The van der Waals surface area contributed by atoms with Crippen LogP contribution in [0.25, 0.3) is 10.8 Å². The average molecular weight is 352 g/mol. The van der Waals surface area contributed by atoms with Gasteiger partial charge in [0.15, 0.2) is 0 Å². The van der Waals surface area contributed by atoms with E-state index in [4.69, 9.17) is 4.74 Å². The summed E-state index contributed by atoms with van der Waals surface area (Å²) in [5.74, 6) is 0.159. The van der Waals surface area contributed by atoms with Gasteiger partial charge in [-0.15, -0.1) is 0 Å². The third-order valence-electron chi connectivity index (χ3n) is 5.61. The maximum Gasteiger partial charge on any atom is 0.253 e. The number of ether oxygens (including phenoxy) is 1. The molecule has 4 nitrogen and oxygen atoms in total. The van der Waals surface area contributed by atoms with E-state index in [2.05, 4.69) is 17.0 Å². The second kappa shape index (κ2) is 8.19. The van der Waals surface area contributed by atoms with Crippen molar-refractivity contribution in [3.05, 3.63) is 48.0 Å². The Labute approximate surface area is 155 Å². The number of fused-ring (bicyclic) bond motifs is 1. The topological polar surface area (TPSA) is 32.8 Å². The molecule has 2 aromatic rings. The van der Waals surface area contributed by atoms with Crippen LogP contribution < -0.4 is 0 Å². The van der Waals surface area contributed by atoms with E-state index in [0.29, 0.717) is 6.10 Å². The Bertz CT molecular complexity index is 755. The zero-order valence-electron chi connectivity index (χ0n) is 15.4. The van der Waals surface area contributed by atoms with Gasteiger partial charge in [0.2, 0.25) is 0 Å². The fourth-order valence-corrected chi connectivity index (χ4v) is 4.10. The van der Waals surface area contributed by atoms with Crippen LogP contribution >= 0.6 is 0 Å². The van der Waals surface area contributed by atoms with Crippen LogP contribution in [0.2, 0.25) is 0 Å². The van der Waals surface area contributed by atoms with Gasteiger partial charge in [0.1, 0.15) is 0 Å². The fourth-order valence-electron chi connectivity index (χ4n) is 4.10. The summed E-state index contributed by atoms with van der Waals surface area (Å²) in [6, 6.07) is 14.2. The van der Waals surface area contributed by atoms with Crippen molar-refractivity contribution in [2.45, 2.75) is 31.8 Å². The molecule has 26 heavy (non-hydrogen) atoms. The van der Waals surface area contributed by atoms with Crippen LogP contribution in [0.5, 0.6) is 0 Å². The van der Waals surface area contributed by atoms with Crippen LogP contribution in [0, 0.1) is 0 Å². The molecule has 1 amide bonds. The van der Waals surface area contributed by atoms with Crippen molar-refractivity contribution in [1.29, 1.82) is 0 Å². The summed E-state index contributed by atoms with van der Waals surface area (Å²) >= 11 is 0. The predicted octanol–water partition coefficient (Wildman–Crippen LogP) is 3.56. The van der Waals surface area contributed by atoms with Gasteiger partial charge in [-0.3, -0.25) is 9.69 Å². The van der Waals surface area contributed by atoms with Crippen molar-refractivity contribution >= 4 is 16.7 Å². The molecular weight excluding hydrogens is 324 g/mol. The lowest BCUT2D eigenvalue weighted by Gasteiger charge is -2.29. The Kier molecular flexibility index (Phi) is 5.51. The fraction of sp³-hybridized carbons (Fsp3) is 0.500. The molecule has 0 N–H and O–H groups in total. The van der Waals surface area contributed by atoms with Gasteiger partial charge < -0.3 is 9.64 Å². The summed E-state index contributed by atoms with van der Waals surface area (Å²) in [6.07, 6.45) is 5.07. The second-order valence-corrected chi connectivity index (χ2v) is 7.50. The van der Waals surface area contributed by atoms with Crippen molar-refractivity contribution in [1.82, 2.24) is 9.80 Å². The molecule has 0 spiro atoms. The number of hydrogen-bond donors (Lipinski definition) is 0. The van der Waals surface area contributed by atoms with Gasteiger partial charge in [-0.1, -0.05) is 30.3 Å². The van der Waals surface area contributed by atoms with Crippen molar-refractivity contribution in [3.8, 4) is 0 Å². The molecule has 0 aliphatic carbocycles. The summed E-state index contributed by atoms with van der Waals surface area (Å²) in [4.78, 5) is 17.5. The maximum absolute atomic E-state index is 13.0. The largest absolute Gasteiger partial charge is 0.377 e. The lowest BCUT2D eigenvalue weighted by Crippen LogP contribution is -2.39. The van der Waals surface area contributed by atoms with Crippen molar-refractivity contribution in [2.75, 3.05) is 39.3 Å². The van der Waals surface area contributed by atoms with Gasteiger partial charge in [-0.25, -0.2) is 0 Å². The molecule has 2 saturated heterocycles. The monoisotopic (exact) mass is 352 g/mol. The van der Waals surface area contributed by atoms with E-state index in [1.165, 1.54) is 24.6 Å². The SMILES string of the molecule is O=C(c1ccc2ccccc2c1)N1CCCN(CC2CCCCO2)CC1. The summed E-state index contributed by atoms with van der Waals surface area (Å²) in [6.45, 7) is 5.57. The van der Waals surface area contributed by atoms with E-state index in [-0.39, 0.29) is 5.91 Å². The lowest BCUT2D eigenvalue weighted by atomic mass is 10.1. The number of nitrogens with zero attached hydrogens (tertiary/aromatic N) is 2. The first-order valence-corrected chi connectivity index (χ1v) is 9.92. The summed E-state index contributed by atoms with van der Waals surface area (Å²) in [7, 11) is 0. The minimum absolute atomic E-state index is 0.159. The van der Waals surface area contributed by atoms with Gasteiger partial charge in [-0.2, -0.15) is 0 Å². The molecule has 1 atom stereocenters. The smallest absolute Gasteiger partial charge is 0.253 e. The van der Waals surface area contributed by atoms with E-state index in [1.54, 1.807) is 0 Å². The first kappa shape index (κ1) is 17.5. The molecule has 4 rings (SSSR count). The Morgan fingerprint density at radius 2 is 1.85 bits per heavy atom. The third-order valence-corrected chi connectivity index (χ3v) is 5.61. The molecule has 2 fully saturated rings. The third kappa shape index (κ3) is 4.08. The standard InChI is InChI=1S/C22H28N2O2/c25-22(20-10-9-18-6-1-2-7-19(18)16-20)24-12-5-11-23(13-14-24)17-21-8-3-4-15-26-21/h1-2,6-7,9-10,16,21H,3-5,8,11-15,17H2. The highest BCUT2D eigenvalue weighted by Gasteiger charge is 2.23. The van der Waals surface area contributed by atoms with Crippen LogP contribution in [0.3, 0.4) is 0 Å². The summed E-state index contributed by atoms with van der Waals surface area (Å²) in [5, 5.41) is 2.31. The van der Waals surface area contributed by atoms with Gasteiger partial charge >= 0.3 is 0 Å². The normalized spacial score (nSPS) is 22.3. The summed E-state index contributed by atoms with van der Waals surface area (Å²) in [5.41, 5.74) is 0.799. The molecule has 2 aliphatic heterocycles. The first-order valence-electron chi connectivity index (χ1n) is 9.92. The molecule has 0 radical (unpaired) electrons. The Hall–Kier alpha value is -1.91. The number of benzene rings is 2. The van der Waals surface area contributed by atoms with Crippen LogP contribution in [-0.2, 0) is 4.74 Å². The molecule has 0 aromatic heterocycles. The number of carbonyl (C=O) groups is 1. The molecule has 138 valence electrons. The molecule has 2 aliphatic rings. The minimum atomic E-state index is 0.159. The zero-order valence-corrected chi connectivity index (χ0v) is 15.4. The maximum atomic E-state index is 13.0. The molecular formula is C22H28N2O2. The highest BCUT2D eigenvalue weighted by atomic mass is 16.5. The predicted molar refractivity (Wildman–Crippen MR) is 104 cm³/mol. The van der Waals surface area contributed by atoms with Gasteiger partial charge in [0.05, 0.1) is 6.10 Å². The quantitative estimate of drug-likeness (QED) is 0.847. The highest BCUT2D eigenvalue weighted by molar-refractivity contribution is 5.98. The van der Waals surface area contributed by atoms with Crippen molar-refractivity contribution < 1.29 is 9.53 Å². The van der Waals surface area contributed by atoms with Crippen LogP contribution in [0.1, 0.15) is 36.0 Å². The molecule has 4 heteroatoms. The second-order valence-electron chi connectivity index (χ2n) is 7.50. The Morgan fingerprint density at radius 3 is 2.69 bits per heavy atom. The number of carbonyl (C=O) groups excluding carboxylic acids is 1. The van der Waals surface area contributed by atoms with Crippen LogP contribution in [0.4, 0.5) is 0 Å². The van der Waals surface area contributed by atoms with E-state index < -0.39 is 0 Å². The Morgan fingerprint density at radius 1 is 0.962 bits per heavy atom. The van der Waals surface area contributed by atoms with Crippen molar-refractivity contribution in [3.63, 3.8) is 0 Å². The van der Waals surface area contributed by atoms with Gasteiger partial charge in [-0.05, 0) is 55.1 Å². The molecule has 2 aromatic carbocycles. The highest BCUT2D eigenvalue weighted by Crippen LogP contribution is 2.19. The van der Waals surface area contributed by atoms with E-state index in [1.807, 2.05) is 35.2 Å². The van der Waals surface area contributed by atoms with Gasteiger partial charge in [0, 0.05) is 38.3 Å². The number of amides is 1. The van der Waals surface area contributed by atoms with E-state index in [0.717, 1.165) is 56.7 Å². The van der Waals surface area contributed by atoms with Gasteiger partial charge in [0.25, 0.3) is 5.91 Å². The number of rotatable bonds is 3. The molecule has 1 unspecified atom stereocenters. The van der Waals surface area contributed by atoms with E-state index in [9.17, 15) is 4.79 Å². The number of hydrogen-bond acceptors (Lipinski definition) is 3. The van der Waals surface area contributed by atoms with E-state index >= 15 is 0 Å². The lowest BCUT2D eigenvalue weighted by molar-refractivity contribution is -0.00491. The summed E-state index contributed by atoms with van der Waals surface area (Å²) < 4.78 is 5.88. The minimum Gasteiger partial charge on any atom is -0.377 e. The molecule has 2 heterocycles. The average Bonchev–Trinajstić information content (AvgIpc) is 2.93. The van der Waals surface area contributed by atoms with Crippen LogP contribution in [0.15, 0.2) is 42.5 Å². The zero-order chi connectivity index (χ0) is 17.8.